The van der Waals surface area contributed by atoms with Crippen LogP contribution in [0.4, 0.5) is 0 Å². The van der Waals surface area contributed by atoms with Crippen molar-refractivity contribution in [3.8, 4) is 11.3 Å². The van der Waals surface area contributed by atoms with Gasteiger partial charge in [-0.2, -0.15) is 0 Å². The van der Waals surface area contributed by atoms with Crippen molar-refractivity contribution in [1.82, 2.24) is 4.57 Å². The van der Waals surface area contributed by atoms with E-state index in [1.54, 1.807) is 6.07 Å². The molecule has 1 N–H and O–H groups in total. The lowest BCUT2D eigenvalue weighted by Gasteiger charge is -2.17. The summed E-state index contributed by atoms with van der Waals surface area (Å²) in [6.45, 7) is 5.99. The molecule has 0 amide bonds. The summed E-state index contributed by atoms with van der Waals surface area (Å²) in [5.74, 6) is -0.899. The van der Waals surface area contributed by atoms with Crippen LogP contribution in [0.25, 0.3) is 11.3 Å². The van der Waals surface area contributed by atoms with E-state index >= 15 is 0 Å². The van der Waals surface area contributed by atoms with E-state index in [0.29, 0.717) is 5.69 Å². The number of hydrogen-bond acceptors (Lipinski definition) is 1. The zero-order chi connectivity index (χ0) is 14.2. The largest absolute Gasteiger partial charge is 0.477 e. The summed E-state index contributed by atoms with van der Waals surface area (Å²) < 4.78 is 2.86. The summed E-state index contributed by atoms with van der Waals surface area (Å²) in [6.07, 6.45) is 0. The first-order chi connectivity index (χ1) is 8.93. The summed E-state index contributed by atoms with van der Waals surface area (Å²) in [7, 11) is 0. The minimum atomic E-state index is -0.899. The van der Waals surface area contributed by atoms with Gasteiger partial charge in [0.25, 0.3) is 0 Å². The molecule has 0 saturated carbocycles. The highest BCUT2D eigenvalue weighted by molar-refractivity contribution is 9.10. The van der Waals surface area contributed by atoms with Crippen molar-refractivity contribution >= 4 is 21.9 Å². The number of nitrogens with zero attached hydrogens (tertiary/aromatic N) is 1. The van der Waals surface area contributed by atoms with Gasteiger partial charge in [0.1, 0.15) is 5.69 Å². The lowest BCUT2D eigenvalue weighted by Crippen LogP contribution is -2.11. The van der Waals surface area contributed by atoms with Crippen LogP contribution in [-0.2, 0) is 0 Å². The Labute approximate surface area is 121 Å². The molecule has 0 saturated heterocycles. The molecule has 0 aliphatic rings. The Morgan fingerprint density at radius 2 is 1.95 bits per heavy atom. The highest BCUT2D eigenvalue weighted by Crippen LogP contribution is 2.33. The molecule has 1 aromatic heterocycles. The van der Waals surface area contributed by atoms with Gasteiger partial charge in [-0.1, -0.05) is 18.2 Å². The number of benzene rings is 1. The van der Waals surface area contributed by atoms with Gasteiger partial charge < -0.3 is 9.67 Å². The standard InChI is InChI=1S/C15H16BrNO2/c1-9(2)17-12(7-8-13(17)15(18)19)11-6-4-5-10(3)14(11)16/h4-9H,1-3H3,(H,18,19). The van der Waals surface area contributed by atoms with E-state index in [1.165, 1.54) is 0 Å². The van der Waals surface area contributed by atoms with Gasteiger partial charge in [0, 0.05) is 16.1 Å². The van der Waals surface area contributed by atoms with Crippen molar-refractivity contribution in [2.45, 2.75) is 26.8 Å². The van der Waals surface area contributed by atoms with E-state index in [2.05, 4.69) is 15.9 Å². The summed E-state index contributed by atoms with van der Waals surface area (Å²) in [5.41, 5.74) is 3.38. The number of halogens is 1. The molecule has 1 aromatic carbocycles. The van der Waals surface area contributed by atoms with Gasteiger partial charge in [-0.25, -0.2) is 4.79 Å². The fourth-order valence-electron chi connectivity index (χ4n) is 2.24. The molecule has 2 aromatic rings. The third kappa shape index (κ3) is 2.45. The van der Waals surface area contributed by atoms with E-state index in [9.17, 15) is 9.90 Å². The molecule has 0 aliphatic heterocycles. The Bertz CT molecular complexity index is 629. The smallest absolute Gasteiger partial charge is 0.352 e. The molecule has 0 bridgehead atoms. The summed E-state index contributed by atoms with van der Waals surface area (Å²) in [5, 5.41) is 9.27. The molecule has 0 radical (unpaired) electrons. The molecule has 0 aliphatic carbocycles. The second-order valence-electron chi connectivity index (χ2n) is 4.81. The lowest BCUT2D eigenvalue weighted by atomic mass is 10.1. The molecule has 0 spiro atoms. The summed E-state index contributed by atoms with van der Waals surface area (Å²) in [6, 6.07) is 9.61. The van der Waals surface area contributed by atoms with Crippen LogP contribution in [0.15, 0.2) is 34.8 Å². The normalized spacial score (nSPS) is 11.0. The van der Waals surface area contributed by atoms with Crippen LogP contribution in [0.5, 0.6) is 0 Å². The van der Waals surface area contributed by atoms with Crippen LogP contribution in [0, 0.1) is 6.92 Å². The Kier molecular flexibility index (Phi) is 3.80. The molecular formula is C15H16BrNO2. The highest BCUT2D eigenvalue weighted by Gasteiger charge is 2.18. The van der Waals surface area contributed by atoms with E-state index in [-0.39, 0.29) is 6.04 Å². The fourth-order valence-corrected chi connectivity index (χ4v) is 2.71. The molecule has 4 heteroatoms. The average Bonchev–Trinajstić information content (AvgIpc) is 2.77. The zero-order valence-electron chi connectivity index (χ0n) is 11.1. The van der Waals surface area contributed by atoms with Crippen molar-refractivity contribution in [3.05, 3.63) is 46.1 Å². The Hall–Kier alpha value is -1.55. The van der Waals surface area contributed by atoms with Crippen LogP contribution in [0.1, 0.15) is 35.9 Å². The number of carboxylic acid groups (broad SMARTS) is 1. The third-order valence-electron chi connectivity index (χ3n) is 3.12. The van der Waals surface area contributed by atoms with Crippen molar-refractivity contribution in [2.24, 2.45) is 0 Å². The van der Waals surface area contributed by atoms with Crippen LogP contribution in [-0.4, -0.2) is 15.6 Å². The number of rotatable bonds is 3. The Morgan fingerprint density at radius 1 is 1.26 bits per heavy atom. The predicted molar refractivity (Wildman–Crippen MR) is 79.6 cm³/mol. The first kappa shape index (κ1) is 13.9. The van der Waals surface area contributed by atoms with Crippen LogP contribution in [0.2, 0.25) is 0 Å². The van der Waals surface area contributed by atoms with E-state index in [0.717, 1.165) is 21.3 Å². The SMILES string of the molecule is Cc1cccc(-c2ccc(C(=O)O)n2C(C)C)c1Br. The maximum Gasteiger partial charge on any atom is 0.352 e. The first-order valence-electron chi connectivity index (χ1n) is 6.13. The van der Waals surface area contributed by atoms with Crippen LogP contribution in [0.3, 0.4) is 0 Å². The van der Waals surface area contributed by atoms with E-state index < -0.39 is 5.97 Å². The number of carbonyl (C=O) groups is 1. The maximum atomic E-state index is 11.3. The van der Waals surface area contributed by atoms with Gasteiger partial charge in [-0.3, -0.25) is 0 Å². The molecule has 0 fully saturated rings. The molecule has 0 atom stereocenters. The van der Waals surface area contributed by atoms with E-state index in [4.69, 9.17) is 0 Å². The van der Waals surface area contributed by atoms with Gasteiger partial charge in [-0.15, -0.1) is 0 Å². The number of aryl methyl sites for hydroxylation is 1. The maximum absolute atomic E-state index is 11.3. The fraction of sp³-hybridized carbons (Fsp3) is 0.267. The quantitative estimate of drug-likeness (QED) is 0.904. The lowest BCUT2D eigenvalue weighted by molar-refractivity contribution is 0.0683. The zero-order valence-corrected chi connectivity index (χ0v) is 12.7. The summed E-state index contributed by atoms with van der Waals surface area (Å²) >= 11 is 3.59. The van der Waals surface area contributed by atoms with Crippen LogP contribution >= 0.6 is 15.9 Å². The molecule has 0 unspecified atom stereocenters. The molecular weight excluding hydrogens is 306 g/mol. The molecule has 100 valence electrons. The van der Waals surface area contributed by atoms with Crippen molar-refractivity contribution in [2.75, 3.05) is 0 Å². The Morgan fingerprint density at radius 3 is 2.53 bits per heavy atom. The molecule has 3 nitrogen and oxygen atoms in total. The monoisotopic (exact) mass is 321 g/mol. The number of hydrogen-bond donors (Lipinski definition) is 1. The molecule has 19 heavy (non-hydrogen) atoms. The van der Waals surface area contributed by atoms with Gasteiger partial charge in [0.15, 0.2) is 0 Å². The third-order valence-corrected chi connectivity index (χ3v) is 4.17. The number of aromatic nitrogens is 1. The molecule has 2 rings (SSSR count). The van der Waals surface area contributed by atoms with Gasteiger partial charge in [0.05, 0.1) is 5.69 Å². The first-order valence-corrected chi connectivity index (χ1v) is 6.92. The van der Waals surface area contributed by atoms with Gasteiger partial charge >= 0.3 is 5.97 Å². The average molecular weight is 322 g/mol. The van der Waals surface area contributed by atoms with Crippen molar-refractivity contribution < 1.29 is 9.90 Å². The van der Waals surface area contributed by atoms with Gasteiger partial charge in [0.2, 0.25) is 0 Å². The second kappa shape index (κ2) is 5.21. The second-order valence-corrected chi connectivity index (χ2v) is 5.60. The number of aromatic carboxylic acids is 1. The van der Waals surface area contributed by atoms with Crippen molar-refractivity contribution in [3.63, 3.8) is 0 Å². The topological polar surface area (TPSA) is 42.2 Å². The number of carboxylic acids is 1. The van der Waals surface area contributed by atoms with Crippen molar-refractivity contribution in [1.29, 1.82) is 0 Å². The van der Waals surface area contributed by atoms with Crippen LogP contribution < -0.4 is 0 Å². The predicted octanol–water partition coefficient (Wildman–Crippen LogP) is 4.51. The van der Waals surface area contributed by atoms with Gasteiger partial charge in [-0.05, 0) is 54.4 Å². The minimum absolute atomic E-state index is 0.0866. The Balaban J connectivity index is 2.69. The van der Waals surface area contributed by atoms with E-state index in [1.807, 2.05) is 49.6 Å². The minimum Gasteiger partial charge on any atom is -0.477 e. The molecule has 1 heterocycles. The summed E-state index contributed by atoms with van der Waals surface area (Å²) in [4.78, 5) is 11.3. The highest BCUT2D eigenvalue weighted by atomic mass is 79.9.